The number of aromatic nitrogens is 2. The molecular formula is C22H25N5O5S. The van der Waals surface area contributed by atoms with Crippen LogP contribution in [0, 0.1) is 6.92 Å². The van der Waals surface area contributed by atoms with Gasteiger partial charge in [-0.05, 0) is 50.1 Å². The number of pyridine rings is 1. The van der Waals surface area contributed by atoms with E-state index in [-0.39, 0.29) is 27.9 Å². The Balaban J connectivity index is 1.52. The topological polar surface area (TPSA) is 131 Å². The van der Waals surface area contributed by atoms with Crippen molar-refractivity contribution in [2.24, 2.45) is 0 Å². The van der Waals surface area contributed by atoms with Crippen molar-refractivity contribution in [3.05, 3.63) is 59.5 Å². The Morgan fingerprint density at radius 1 is 1.09 bits per heavy atom. The van der Waals surface area contributed by atoms with Crippen molar-refractivity contribution in [3.8, 4) is 5.75 Å². The first-order valence-corrected chi connectivity index (χ1v) is 12.0. The molecule has 33 heavy (non-hydrogen) atoms. The monoisotopic (exact) mass is 471 g/mol. The zero-order chi connectivity index (χ0) is 23.6. The second kappa shape index (κ2) is 9.20. The zero-order valence-electron chi connectivity index (χ0n) is 18.3. The van der Waals surface area contributed by atoms with Gasteiger partial charge in [0.1, 0.15) is 22.0 Å². The molecule has 11 heteroatoms. The number of ether oxygens (including phenoxy) is 1. The van der Waals surface area contributed by atoms with E-state index >= 15 is 0 Å². The summed E-state index contributed by atoms with van der Waals surface area (Å²) in [4.78, 5) is 29.6. The van der Waals surface area contributed by atoms with Gasteiger partial charge in [-0.3, -0.25) is 24.8 Å². The fraction of sp³-hybridized carbons (Fsp3) is 0.318. The van der Waals surface area contributed by atoms with E-state index in [2.05, 4.69) is 20.6 Å². The molecule has 3 aromatic rings. The molecule has 0 spiro atoms. The Hall–Kier alpha value is -3.44. The number of hydrogen-bond acceptors (Lipinski definition) is 6. The van der Waals surface area contributed by atoms with Crippen molar-refractivity contribution in [1.29, 1.82) is 0 Å². The van der Waals surface area contributed by atoms with Gasteiger partial charge >= 0.3 is 0 Å². The van der Waals surface area contributed by atoms with Gasteiger partial charge in [-0.25, -0.2) is 18.1 Å². The number of nitrogens with one attached hydrogen (secondary N) is 3. The largest absolute Gasteiger partial charge is 0.495 e. The maximum atomic E-state index is 12.9. The number of amides is 2. The Labute approximate surface area is 191 Å². The number of sulfonamides is 1. The number of carbonyl (C=O) groups excluding carboxylic acids is 2. The average molecular weight is 472 g/mol. The molecule has 2 heterocycles. The van der Waals surface area contributed by atoms with E-state index in [1.165, 1.54) is 25.3 Å². The van der Waals surface area contributed by atoms with Gasteiger partial charge in [0, 0.05) is 17.8 Å². The number of aryl methyl sites for hydroxylation is 1. The van der Waals surface area contributed by atoms with E-state index < -0.39 is 21.8 Å². The molecule has 10 nitrogen and oxygen atoms in total. The molecule has 2 aromatic heterocycles. The normalized spacial score (nSPS) is 14.4. The molecule has 3 N–H and O–H groups in total. The fourth-order valence-electron chi connectivity index (χ4n) is 3.99. The summed E-state index contributed by atoms with van der Waals surface area (Å²) in [5.41, 5.74) is 6.14. The van der Waals surface area contributed by atoms with Crippen molar-refractivity contribution in [1.82, 2.24) is 25.0 Å². The second-order valence-corrected chi connectivity index (χ2v) is 9.53. The Kier molecular flexibility index (Phi) is 6.34. The summed E-state index contributed by atoms with van der Waals surface area (Å²) < 4.78 is 35.3. The van der Waals surface area contributed by atoms with Crippen molar-refractivity contribution in [2.75, 3.05) is 7.11 Å². The van der Waals surface area contributed by atoms with Crippen LogP contribution in [0.3, 0.4) is 0 Å². The maximum absolute atomic E-state index is 12.9. The molecule has 1 aliphatic rings. The van der Waals surface area contributed by atoms with Crippen molar-refractivity contribution in [3.63, 3.8) is 0 Å². The molecule has 2 amide bonds. The standard InChI is InChI=1S/C22H25N5O5S/c1-14-20(27-12-6-5-9-19(27)23-14)22(29)25-24-21(28)15-10-11-17(32-2)18(13-15)33(30,31)26-16-7-3-4-8-16/h5-6,9-13,16,26H,3-4,7-8H2,1-2H3,(H,24,28)(H,25,29). The summed E-state index contributed by atoms with van der Waals surface area (Å²) in [5, 5.41) is 0. The van der Waals surface area contributed by atoms with Gasteiger partial charge in [-0.15, -0.1) is 0 Å². The molecule has 1 saturated carbocycles. The summed E-state index contributed by atoms with van der Waals surface area (Å²) in [6.07, 6.45) is 5.19. The van der Waals surface area contributed by atoms with Gasteiger partial charge in [0.25, 0.3) is 11.8 Å². The van der Waals surface area contributed by atoms with E-state index in [0.717, 1.165) is 25.7 Å². The van der Waals surface area contributed by atoms with E-state index in [4.69, 9.17) is 4.74 Å². The molecule has 4 rings (SSSR count). The lowest BCUT2D eigenvalue weighted by Gasteiger charge is -2.16. The van der Waals surface area contributed by atoms with Crippen LogP contribution in [-0.4, -0.2) is 42.8 Å². The van der Waals surface area contributed by atoms with Crippen molar-refractivity contribution >= 4 is 27.5 Å². The van der Waals surface area contributed by atoms with Gasteiger partial charge in [0.2, 0.25) is 10.0 Å². The van der Waals surface area contributed by atoms with E-state index in [1.807, 2.05) is 6.07 Å². The van der Waals surface area contributed by atoms with Gasteiger partial charge in [0.15, 0.2) is 0 Å². The predicted molar refractivity (Wildman–Crippen MR) is 120 cm³/mol. The van der Waals surface area contributed by atoms with Crippen LogP contribution in [0.5, 0.6) is 5.75 Å². The summed E-state index contributed by atoms with van der Waals surface area (Å²) in [5.74, 6) is -1.10. The first-order valence-electron chi connectivity index (χ1n) is 10.5. The van der Waals surface area contributed by atoms with Gasteiger partial charge in [-0.1, -0.05) is 18.9 Å². The number of hydrazine groups is 1. The van der Waals surface area contributed by atoms with Crippen LogP contribution in [-0.2, 0) is 10.0 Å². The number of rotatable bonds is 6. The number of methoxy groups -OCH3 is 1. The predicted octanol–water partition coefficient (Wildman–Crippen LogP) is 1.95. The molecule has 1 fully saturated rings. The number of benzene rings is 1. The minimum Gasteiger partial charge on any atom is -0.495 e. The third-order valence-corrected chi connectivity index (χ3v) is 7.14. The van der Waals surface area contributed by atoms with Crippen LogP contribution in [0.4, 0.5) is 0 Å². The highest BCUT2D eigenvalue weighted by atomic mass is 32.2. The number of nitrogens with zero attached hydrogens (tertiary/aromatic N) is 2. The molecule has 0 saturated heterocycles. The third kappa shape index (κ3) is 4.69. The summed E-state index contributed by atoms with van der Waals surface area (Å²) in [7, 11) is -2.53. The summed E-state index contributed by atoms with van der Waals surface area (Å²) in [6.45, 7) is 1.70. The van der Waals surface area contributed by atoms with Gasteiger partial charge < -0.3 is 4.74 Å². The van der Waals surface area contributed by atoms with Crippen LogP contribution in [0.15, 0.2) is 47.5 Å². The number of fused-ring (bicyclic) bond motifs is 1. The van der Waals surface area contributed by atoms with Crippen LogP contribution >= 0.6 is 0 Å². The summed E-state index contributed by atoms with van der Waals surface area (Å²) >= 11 is 0. The molecule has 0 radical (unpaired) electrons. The molecule has 0 unspecified atom stereocenters. The summed E-state index contributed by atoms with van der Waals surface area (Å²) in [6, 6.07) is 9.27. The quantitative estimate of drug-likeness (QED) is 0.471. The number of imidazole rings is 1. The highest BCUT2D eigenvalue weighted by Gasteiger charge is 2.27. The van der Waals surface area contributed by atoms with Crippen molar-refractivity contribution in [2.45, 2.75) is 43.5 Å². The third-order valence-electron chi connectivity index (χ3n) is 5.60. The molecule has 0 aliphatic heterocycles. The smallest absolute Gasteiger partial charge is 0.288 e. The molecule has 0 bridgehead atoms. The lowest BCUT2D eigenvalue weighted by molar-refractivity contribution is 0.0843. The Morgan fingerprint density at radius 3 is 2.55 bits per heavy atom. The first kappa shape index (κ1) is 22.7. The molecular weight excluding hydrogens is 446 g/mol. The number of carbonyl (C=O) groups is 2. The zero-order valence-corrected chi connectivity index (χ0v) is 19.1. The van der Waals surface area contributed by atoms with E-state index in [0.29, 0.717) is 11.3 Å². The average Bonchev–Trinajstić information content (AvgIpc) is 3.42. The molecule has 174 valence electrons. The Bertz CT molecular complexity index is 1310. The number of hydrogen-bond donors (Lipinski definition) is 3. The molecule has 1 aromatic carbocycles. The van der Waals surface area contributed by atoms with E-state index in [1.54, 1.807) is 29.7 Å². The van der Waals surface area contributed by atoms with Gasteiger partial charge in [0.05, 0.1) is 12.8 Å². The van der Waals surface area contributed by atoms with Crippen LogP contribution in [0.25, 0.3) is 5.65 Å². The minimum absolute atomic E-state index is 0.0535. The van der Waals surface area contributed by atoms with Crippen LogP contribution in [0.2, 0.25) is 0 Å². The lowest BCUT2D eigenvalue weighted by Crippen LogP contribution is -2.42. The molecule has 1 aliphatic carbocycles. The maximum Gasteiger partial charge on any atom is 0.288 e. The first-order chi connectivity index (χ1) is 15.8. The van der Waals surface area contributed by atoms with Crippen LogP contribution in [0.1, 0.15) is 52.2 Å². The second-order valence-electron chi connectivity index (χ2n) is 7.85. The van der Waals surface area contributed by atoms with E-state index in [9.17, 15) is 18.0 Å². The van der Waals surface area contributed by atoms with Crippen molar-refractivity contribution < 1.29 is 22.7 Å². The highest BCUT2D eigenvalue weighted by Crippen LogP contribution is 2.27. The fourth-order valence-corrected chi connectivity index (χ4v) is 5.49. The Morgan fingerprint density at radius 2 is 1.82 bits per heavy atom. The lowest BCUT2D eigenvalue weighted by atomic mass is 10.2. The minimum atomic E-state index is -3.89. The van der Waals surface area contributed by atoms with Crippen LogP contribution < -0.4 is 20.3 Å². The SMILES string of the molecule is COc1ccc(C(=O)NNC(=O)c2c(C)nc3ccccn23)cc1S(=O)(=O)NC1CCCC1. The van der Waals surface area contributed by atoms with Gasteiger partial charge in [-0.2, -0.15) is 0 Å². The molecule has 0 atom stereocenters. The highest BCUT2D eigenvalue weighted by molar-refractivity contribution is 7.89.